The van der Waals surface area contributed by atoms with Gasteiger partial charge in [-0.3, -0.25) is 0 Å². The number of hydrogen-bond acceptors (Lipinski definition) is 0. The van der Waals surface area contributed by atoms with Crippen LogP contribution >= 0.6 is 0 Å². The molecular formula is C30H29N. The fraction of sp³-hybridized carbons (Fsp3) is 0.200. The third-order valence-electron chi connectivity index (χ3n) is 6.71. The summed E-state index contributed by atoms with van der Waals surface area (Å²) in [4.78, 5) is 0. The first kappa shape index (κ1) is 19.6. The largest absolute Gasteiger partial charge is 0.341 e. The van der Waals surface area contributed by atoms with Crippen molar-refractivity contribution < 1.29 is 0 Å². The highest BCUT2D eigenvalue weighted by Gasteiger charge is 2.14. The SMILES string of the molecule is CCC(C)c1ccc(-c2cccc(-c3cccc4c3c3ccccc3n4CC)c2)cc1. The molecule has 31 heavy (non-hydrogen) atoms. The lowest BCUT2D eigenvalue weighted by Crippen LogP contribution is -1.92. The zero-order chi connectivity index (χ0) is 21.4. The van der Waals surface area contributed by atoms with Crippen LogP contribution in [-0.2, 0) is 6.54 Å². The fourth-order valence-corrected chi connectivity index (χ4v) is 4.79. The molecule has 4 aromatic carbocycles. The van der Waals surface area contributed by atoms with Gasteiger partial charge in [-0.2, -0.15) is 0 Å². The molecule has 0 aliphatic heterocycles. The molecule has 5 aromatic rings. The van der Waals surface area contributed by atoms with E-state index in [0.29, 0.717) is 5.92 Å². The Morgan fingerprint density at radius 1 is 0.677 bits per heavy atom. The first-order valence-corrected chi connectivity index (χ1v) is 11.4. The minimum atomic E-state index is 0.605. The zero-order valence-electron chi connectivity index (χ0n) is 18.6. The summed E-state index contributed by atoms with van der Waals surface area (Å²) in [5.74, 6) is 0.605. The van der Waals surface area contributed by atoms with Crippen LogP contribution in [0.2, 0.25) is 0 Å². The quantitative estimate of drug-likeness (QED) is 0.277. The van der Waals surface area contributed by atoms with E-state index in [1.54, 1.807) is 0 Å². The first-order chi connectivity index (χ1) is 15.2. The van der Waals surface area contributed by atoms with Gasteiger partial charge in [-0.15, -0.1) is 0 Å². The predicted molar refractivity (Wildman–Crippen MR) is 135 cm³/mol. The molecule has 1 aromatic heterocycles. The molecule has 0 fully saturated rings. The highest BCUT2D eigenvalue weighted by Crippen LogP contribution is 2.37. The van der Waals surface area contributed by atoms with Crippen molar-refractivity contribution in [1.29, 1.82) is 0 Å². The third-order valence-corrected chi connectivity index (χ3v) is 6.71. The molecule has 0 saturated heterocycles. The molecule has 0 radical (unpaired) electrons. The molecule has 1 heterocycles. The number of hydrogen-bond donors (Lipinski definition) is 0. The number of para-hydroxylation sites is 1. The standard InChI is InChI=1S/C30H29N/c1-4-21(3)22-16-18-23(19-17-22)24-10-8-11-25(20-24)26-13-9-15-29-30(26)27-12-6-7-14-28(27)31(29)5-2/h6-21H,4-5H2,1-3H3. The molecule has 0 spiro atoms. The van der Waals surface area contributed by atoms with E-state index in [2.05, 4.69) is 116 Å². The summed E-state index contributed by atoms with van der Waals surface area (Å²) in [6.07, 6.45) is 1.17. The van der Waals surface area contributed by atoms with Gasteiger partial charge in [-0.05, 0) is 65.3 Å². The first-order valence-electron chi connectivity index (χ1n) is 11.4. The lowest BCUT2D eigenvalue weighted by Gasteiger charge is -2.11. The van der Waals surface area contributed by atoms with Crippen LogP contribution in [0, 0.1) is 0 Å². The average molecular weight is 404 g/mol. The zero-order valence-corrected chi connectivity index (χ0v) is 18.6. The van der Waals surface area contributed by atoms with E-state index in [1.807, 2.05) is 0 Å². The monoisotopic (exact) mass is 403 g/mol. The summed E-state index contributed by atoms with van der Waals surface area (Å²) in [7, 11) is 0. The summed E-state index contributed by atoms with van der Waals surface area (Å²) >= 11 is 0. The molecule has 0 N–H and O–H groups in total. The Morgan fingerprint density at radius 2 is 1.39 bits per heavy atom. The summed E-state index contributed by atoms with van der Waals surface area (Å²) in [6.45, 7) is 7.74. The van der Waals surface area contributed by atoms with Gasteiger partial charge in [-0.1, -0.05) is 86.6 Å². The van der Waals surface area contributed by atoms with Gasteiger partial charge in [0, 0.05) is 28.4 Å². The molecule has 0 saturated carbocycles. The maximum absolute atomic E-state index is 2.42. The number of nitrogens with zero attached hydrogens (tertiary/aromatic N) is 1. The van der Waals surface area contributed by atoms with Crippen LogP contribution in [0.15, 0.2) is 91.0 Å². The van der Waals surface area contributed by atoms with Gasteiger partial charge in [0.25, 0.3) is 0 Å². The van der Waals surface area contributed by atoms with Gasteiger partial charge in [-0.25, -0.2) is 0 Å². The number of rotatable bonds is 5. The van der Waals surface area contributed by atoms with Gasteiger partial charge < -0.3 is 4.57 Å². The Balaban J connectivity index is 1.65. The smallest absolute Gasteiger partial charge is 0.0497 e. The Morgan fingerprint density at radius 3 is 2.16 bits per heavy atom. The molecule has 1 atom stereocenters. The summed E-state index contributed by atoms with van der Waals surface area (Å²) in [5.41, 5.74) is 9.15. The van der Waals surface area contributed by atoms with Crippen LogP contribution in [0.3, 0.4) is 0 Å². The van der Waals surface area contributed by atoms with Crippen molar-refractivity contribution in [1.82, 2.24) is 4.57 Å². The van der Waals surface area contributed by atoms with Crippen LogP contribution in [0.4, 0.5) is 0 Å². The van der Waals surface area contributed by atoms with Gasteiger partial charge in [0.2, 0.25) is 0 Å². The molecule has 5 rings (SSSR count). The lowest BCUT2D eigenvalue weighted by molar-refractivity contribution is 0.734. The van der Waals surface area contributed by atoms with Crippen molar-refractivity contribution in [3.05, 3.63) is 96.6 Å². The Bertz CT molecular complexity index is 1350. The topological polar surface area (TPSA) is 4.93 Å². The van der Waals surface area contributed by atoms with Crippen LogP contribution in [-0.4, -0.2) is 4.57 Å². The van der Waals surface area contributed by atoms with E-state index in [0.717, 1.165) is 6.54 Å². The molecule has 0 amide bonds. The second-order valence-electron chi connectivity index (χ2n) is 8.47. The number of aryl methyl sites for hydroxylation is 1. The van der Waals surface area contributed by atoms with Gasteiger partial charge in [0.05, 0.1) is 0 Å². The van der Waals surface area contributed by atoms with Gasteiger partial charge in [0.1, 0.15) is 0 Å². The summed E-state index contributed by atoms with van der Waals surface area (Å²) < 4.78 is 2.42. The third kappa shape index (κ3) is 3.35. The maximum Gasteiger partial charge on any atom is 0.0497 e. The molecule has 1 nitrogen and oxygen atoms in total. The average Bonchev–Trinajstić information content (AvgIpc) is 3.17. The van der Waals surface area contributed by atoms with Crippen molar-refractivity contribution in [2.45, 2.75) is 39.7 Å². The lowest BCUT2D eigenvalue weighted by atomic mass is 9.93. The summed E-state index contributed by atoms with van der Waals surface area (Å²) in [6, 6.07) is 33.6. The second kappa shape index (κ2) is 8.07. The molecule has 0 bridgehead atoms. The van der Waals surface area contributed by atoms with E-state index in [4.69, 9.17) is 0 Å². The fourth-order valence-electron chi connectivity index (χ4n) is 4.79. The van der Waals surface area contributed by atoms with Crippen LogP contribution in [0.5, 0.6) is 0 Å². The van der Waals surface area contributed by atoms with Crippen molar-refractivity contribution in [3.63, 3.8) is 0 Å². The number of aromatic nitrogens is 1. The van der Waals surface area contributed by atoms with Crippen LogP contribution in [0.1, 0.15) is 38.7 Å². The van der Waals surface area contributed by atoms with Crippen LogP contribution in [0.25, 0.3) is 44.1 Å². The van der Waals surface area contributed by atoms with E-state index in [-0.39, 0.29) is 0 Å². The Kier molecular flexibility index (Phi) is 5.11. The Hall–Kier alpha value is -3.32. The Labute approximate surface area is 185 Å². The highest BCUT2D eigenvalue weighted by molar-refractivity contribution is 6.14. The van der Waals surface area contributed by atoms with Crippen LogP contribution < -0.4 is 0 Å². The molecule has 0 aliphatic carbocycles. The van der Waals surface area contributed by atoms with E-state index in [1.165, 1.54) is 56.0 Å². The second-order valence-corrected chi connectivity index (χ2v) is 8.47. The minimum Gasteiger partial charge on any atom is -0.341 e. The maximum atomic E-state index is 2.42. The van der Waals surface area contributed by atoms with E-state index < -0.39 is 0 Å². The predicted octanol–water partition coefficient (Wildman–Crippen LogP) is 8.66. The van der Waals surface area contributed by atoms with Crippen molar-refractivity contribution in [3.8, 4) is 22.3 Å². The van der Waals surface area contributed by atoms with Gasteiger partial charge in [0.15, 0.2) is 0 Å². The highest BCUT2D eigenvalue weighted by atomic mass is 15.0. The summed E-state index contributed by atoms with van der Waals surface area (Å²) in [5, 5.41) is 2.68. The molecule has 0 aliphatic rings. The molecule has 1 heteroatoms. The number of fused-ring (bicyclic) bond motifs is 3. The van der Waals surface area contributed by atoms with Crippen molar-refractivity contribution >= 4 is 21.8 Å². The van der Waals surface area contributed by atoms with E-state index in [9.17, 15) is 0 Å². The molecule has 154 valence electrons. The minimum absolute atomic E-state index is 0.605. The van der Waals surface area contributed by atoms with Gasteiger partial charge >= 0.3 is 0 Å². The molecular weight excluding hydrogens is 374 g/mol. The normalized spacial score (nSPS) is 12.5. The van der Waals surface area contributed by atoms with Crippen molar-refractivity contribution in [2.24, 2.45) is 0 Å². The number of benzene rings is 4. The van der Waals surface area contributed by atoms with Crippen molar-refractivity contribution in [2.75, 3.05) is 0 Å². The molecule has 1 unspecified atom stereocenters. The van der Waals surface area contributed by atoms with E-state index >= 15 is 0 Å².